The van der Waals surface area contributed by atoms with E-state index in [0.717, 1.165) is 0 Å². The molecule has 0 nitrogen and oxygen atoms in total. The lowest BCUT2D eigenvalue weighted by Gasteiger charge is -2.32. The largest absolute Gasteiger partial charge is 0.0764 e. The standard InChI is InChI=1S/C17H18/c1-17(2,3)16-10-6-9-14-13-8-5-4-7-12(13)11-15(14)16/h4-11,16H,1-3H3. The third-order valence-corrected chi connectivity index (χ3v) is 3.71. The summed E-state index contributed by atoms with van der Waals surface area (Å²) in [6.07, 6.45) is 9.16. The predicted molar refractivity (Wildman–Crippen MR) is 74.5 cm³/mol. The summed E-state index contributed by atoms with van der Waals surface area (Å²) in [6.45, 7) is 6.94. The zero-order valence-corrected chi connectivity index (χ0v) is 10.7. The Kier molecular flexibility index (Phi) is 2.16. The van der Waals surface area contributed by atoms with Crippen molar-refractivity contribution in [3.63, 3.8) is 0 Å². The molecule has 0 N–H and O–H groups in total. The SMILES string of the molecule is CC(C)(C)C1C=CC=C2C1=Cc1ccccc12. The first kappa shape index (κ1) is 10.6. The number of benzene rings is 1. The Bertz CT molecular complexity index is 548. The number of fused-ring (bicyclic) bond motifs is 3. The number of rotatable bonds is 0. The van der Waals surface area contributed by atoms with E-state index < -0.39 is 0 Å². The second-order valence-electron chi connectivity index (χ2n) is 6.00. The zero-order valence-electron chi connectivity index (χ0n) is 10.7. The van der Waals surface area contributed by atoms with E-state index in [1.54, 1.807) is 0 Å². The number of allylic oxidation sites excluding steroid dienone is 5. The first-order chi connectivity index (χ1) is 8.07. The molecule has 0 aromatic heterocycles. The van der Waals surface area contributed by atoms with Crippen LogP contribution in [-0.4, -0.2) is 0 Å². The van der Waals surface area contributed by atoms with Gasteiger partial charge in [0.15, 0.2) is 0 Å². The van der Waals surface area contributed by atoms with Crippen LogP contribution in [0.5, 0.6) is 0 Å². The van der Waals surface area contributed by atoms with Gasteiger partial charge in [0, 0.05) is 5.92 Å². The molecular weight excluding hydrogens is 204 g/mol. The average molecular weight is 222 g/mol. The van der Waals surface area contributed by atoms with Gasteiger partial charge in [0.1, 0.15) is 0 Å². The van der Waals surface area contributed by atoms with E-state index in [1.165, 1.54) is 22.3 Å². The molecule has 1 aromatic rings. The molecule has 0 amide bonds. The fraction of sp³-hybridized carbons (Fsp3) is 0.294. The molecule has 0 saturated carbocycles. The van der Waals surface area contributed by atoms with E-state index in [4.69, 9.17) is 0 Å². The highest BCUT2D eigenvalue weighted by Crippen LogP contribution is 2.47. The molecule has 3 rings (SSSR count). The Morgan fingerprint density at radius 2 is 1.82 bits per heavy atom. The molecule has 0 spiro atoms. The van der Waals surface area contributed by atoms with Gasteiger partial charge < -0.3 is 0 Å². The normalized spacial score (nSPS) is 21.7. The molecule has 0 radical (unpaired) electrons. The number of hydrogen-bond donors (Lipinski definition) is 0. The van der Waals surface area contributed by atoms with Crippen molar-refractivity contribution in [3.05, 3.63) is 59.2 Å². The molecule has 0 heteroatoms. The van der Waals surface area contributed by atoms with Gasteiger partial charge in [0.25, 0.3) is 0 Å². The monoisotopic (exact) mass is 222 g/mol. The van der Waals surface area contributed by atoms with Gasteiger partial charge in [-0.2, -0.15) is 0 Å². The van der Waals surface area contributed by atoms with Gasteiger partial charge in [-0.3, -0.25) is 0 Å². The molecule has 0 heterocycles. The molecule has 0 aliphatic heterocycles. The van der Waals surface area contributed by atoms with Crippen LogP contribution in [0.4, 0.5) is 0 Å². The van der Waals surface area contributed by atoms with E-state index in [2.05, 4.69) is 69.3 Å². The summed E-state index contributed by atoms with van der Waals surface area (Å²) in [5.41, 5.74) is 5.95. The molecule has 86 valence electrons. The molecule has 2 aliphatic carbocycles. The van der Waals surface area contributed by atoms with Gasteiger partial charge in [-0.15, -0.1) is 0 Å². The molecule has 1 aromatic carbocycles. The van der Waals surface area contributed by atoms with Crippen LogP contribution in [0.1, 0.15) is 31.9 Å². The summed E-state index contributed by atoms with van der Waals surface area (Å²) in [5, 5.41) is 0. The highest BCUT2D eigenvalue weighted by molar-refractivity contribution is 5.96. The van der Waals surface area contributed by atoms with Crippen molar-refractivity contribution >= 4 is 11.6 Å². The molecule has 0 saturated heterocycles. The van der Waals surface area contributed by atoms with Gasteiger partial charge in [-0.25, -0.2) is 0 Å². The van der Waals surface area contributed by atoms with Crippen LogP contribution in [0.25, 0.3) is 11.6 Å². The van der Waals surface area contributed by atoms with Crippen molar-refractivity contribution in [1.29, 1.82) is 0 Å². The van der Waals surface area contributed by atoms with E-state index in [1.807, 2.05) is 0 Å². The number of hydrogen-bond acceptors (Lipinski definition) is 0. The van der Waals surface area contributed by atoms with Crippen molar-refractivity contribution in [3.8, 4) is 0 Å². The van der Waals surface area contributed by atoms with Crippen molar-refractivity contribution in [2.75, 3.05) is 0 Å². The Labute approximate surface area is 103 Å². The molecule has 1 atom stereocenters. The van der Waals surface area contributed by atoms with Crippen molar-refractivity contribution < 1.29 is 0 Å². The second-order valence-corrected chi connectivity index (χ2v) is 6.00. The summed E-state index contributed by atoms with van der Waals surface area (Å²) in [5.74, 6) is 0.523. The van der Waals surface area contributed by atoms with Crippen LogP contribution >= 0.6 is 0 Å². The van der Waals surface area contributed by atoms with Crippen LogP contribution in [0.3, 0.4) is 0 Å². The molecular formula is C17H18. The minimum atomic E-state index is 0.282. The lowest BCUT2D eigenvalue weighted by atomic mass is 9.72. The van der Waals surface area contributed by atoms with E-state index in [-0.39, 0.29) is 5.41 Å². The Morgan fingerprint density at radius 1 is 1.06 bits per heavy atom. The lowest BCUT2D eigenvalue weighted by Crippen LogP contribution is -2.21. The van der Waals surface area contributed by atoms with Crippen LogP contribution in [0, 0.1) is 11.3 Å². The van der Waals surface area contributed by atoms with Crippen LogP contribution in [-0.2, 0) is 0 Å². The summed E-state index contributed by atoms with van der Waals surface area (Å²) in [6, 6.07) is 8.68. The van der Waals surface area contributed by atoms with Gasteiger partial charge in [0.2, 0.25) is 0 Å². The van der Waals surface area contributed by atoms with Crippen LogP contribution in [0.15, 0.2) is 48.1 Å². The summed E-state index contributed by atoms with van der Waals surface area (Å²) in [4.78, 5) is 0. The minimum absolute atomic E-state index is 0.282. The maximum absolute atomic E-state index is 2.36. The van der Waals surface area contributed by atoms with Gasteiger partial charge in [-0.05, 0) is 33.8 Å². The van der Waals surface area contributed by atoms with Gasteiger partial charge >= 0.3 is 0 Å². The highest BCUT2D eigenvalue weighted by Gasteiger charge is 2.32. The Hall–Kier alpha value is -1.56. The third kappa shape index (κ3) is 1.59. The summed E-state index contributed by atoms with van der Waals surface area (Å²) < 4.78 is 0. The Morgan fingerprint density at radius 3 is 2.59 bits per heavy atom. The maximum atomic E-state index is 2.36. The van der Waals surface area contributed by atoms with Gasteiger partial charge in [0.05, 0.1) is 0 Å². The zero-order chi connectivity index (χ0) is 12.0. The summed E-state index contributed by atoms with van der Waals surface area (Å²) in [7, 11) is 0. The minimum Gasteiger partial charge on any atom is -0.0764 e. The van der Waals surface area contributed by atoms with Gasteiger partial charge in [-0.1, -0.05) is 63.3 Å². The average Bonchev–Trinajstić information content (AvgIpc) is 2.65. The van der Waals surface area contributed by atoms with Crippen molar-refractivity contribution in [2.45, 2.75) is 20.8 Å². The van der Waals surface area contributed by atoms with E-state index >= 15 is 0 Å². The van der Waals surface area contributed by atoms with E-state index in [0.29, 0.717) is 5.92 Å². The fourth-order valence-corrected chi connectivity index (χ4v) is 2.83. The first-order valence-corrected chi connectivity index (χ1v) is 6.27. The second kappa shape index (κ2) is 3.46. The molecule has 2 aliphatic rings. The van der Waals surface area contributed by atoms with Crippen LogP contribution < -0.4 is 0 Å². The molecule has 17 heavy (non-hydrogen) atoms. The summed E-state index contributed by atoms with van der Waals surface area (Å²) >= 11 is 0. The first-order valence-electron chi connectivity index (χ1n) is 6.27. The fourth-order valence-electron chi connectivity index (χ4n) is 2.83. The Balaban J connectivity index is 2.13. The van der Waals surface area contributed by atoms with Crippen molar-refractivity contribution in [2.24, 2.45) is 11.3 Å². The third-order valence-electron chi connectivity index (χ3n) is 3.71. The maximum Gasteiger partial charge on any atom is 0.00760 e. The predicted octanol–water partition coefficient (Wildman–Crippen LogP) is 4.70. The molecule has 1 unspecified atom stereocenters. The topological polar surface area (TPSA) is 0 Å². The van der Waals surface area contributed by atoms with E-state index in [9.17, 15) is 0 Å². The molecule has 0 fully saturated rings. The highest BCUT2D eigenvalue weighted by atomic mass is 14.4. The smallest absolute Gasteiger partial charge is 0.00760 e. The van der Waals surface area contributed by atoms with Crippen molar-refractivity contribution in [1.82, 2.24) is 0 Å². The quantitative estimate of drug-likeness (QED) is 0.597. The lowest BCUT2D eigenvalue weighted by molar-refractivity contribution is 0.336. The van der Waals surface area contributed by atoms with Crippen LogP contribution in [0.2, 0.25) is 0 Å². The molecule has 0 bridgehead atoms.